The maximum absolute atomic E-state index is 11.0. The van der Waals surface area contributed by atoms with E-state index in [9.17, 15) is 15.2 Å². The van der Waals surface area contributed by atoms with E-state index in [1.807, 2.05) is 6.07 Å². The lowest BCUT2D eigenvalue weighted by molar-refractivity contribution is -0.552. The number of aliphatic hydroxyl groups is 1. The van der Waals surface area contributed by atoms with Gasteiger partial charge in [0.05, 0.1) is 0 Å². The van der Waals surface area contributed by atoms with Crippen LogP contribution in [0, 0.1) is 10.1 Å². The Labute approximate surface area is 94.1 Å². The van der Waals surface area contributed by atoms with Crippen molar-refractivity contribution in [2.75, 3.05) is 0 Å². The lowest BCUT2D eigenvalue weighted by atomic mass is 9.76. The number of benzene rings is 1. The van der Waals surface area contributed by atoms with Crippen LogP contribution in [0.1, 0.15) is 31.2 Å². The van der Waals surface area contributed by atoms with Crippen molar-refractivity contribution in [2.45, 2.75) is 37.3 Å². The zero-order chi connectivity index (χ0) is 11.6. The molecular formula is C12H15NO3. The molecule has 1 N–H and O–H groups in total. The fourth-order valence-electron chi connectivity index (χ4n) is 2.48. The van der Waals surface area contributed by atoms with Gasteiger partial charge in [0.1, 0.15) is 0 Å². The summed E-state index contributed by atoms with van der Waals surface area (Å²) in [6, 6.07) is 8.11. The van der Waals surface area contributed by atoms with Gasteiger partial charge in [0.2, 0.25) is 6.04 Å². The van der Waals surface area contributed by atoms with Crippen molar-refractivity contribution >= 4 is 0 Å². The van der Waals surface area contributed by atoms with Gasteiger partial charge in [0, 0.05) is 11.3 Å². The summed E-state index contributed by atoms with van der Waals surface area (Å²) in [5.41, 5.74) is -0.625. The highest BCUT2D eigenvalue weighted by molar-refractivity contribution is 5.24. The van der Waals surface area contributed by atoms with Crippen LogP contribution in [0.25, 0.3) is 0 Å². The normalized spacial score (nSPS) is 29.9. The Kier molecular flexibility index (Phi) is 2.92. The second kappa shape index (κ2) is 4.22. The predicted octanol–water partition coefficient (Wildman–Crippen LogP) is 2.09. The van der Waals surface area contributed by atoms with Gasteiger partial charge in [-0.15, -0.1) is 0 Å². The highest BCUT2D eigenvalue weighted by Crippen LogP contribution is 2.38. The van der Waals surface area contributed by atoms with E-state index in [4.69, 9.17) is 0 Å². The molecule has 1 fully saturated rings. The third-order valence-electron chi connectivity index (χ3n) is 3.36. The van der Waals surface area contributed by atoms with Crippen molar-refractivity contribution in [1.82, 2.24) is 0 Å². The average Bonchev–Trinajstić information content (AvgIpc) is 2.30. The molecule has 0 radical (unpaired) electrons. The van der Waals surface area contributed by atoms with Gasteiger partial charge in [0.25, 0.3) is 0 Å². The summed E-state index contributed by atoms with van der Waals surface area (Å²) in [5.74, 6) is 0. The van der Waals surface area contributed by atoms with Crippen LogP contribution in [0.2, 0.25) is 0 Å². The van der Waals surface area contributed by atoms with Crippen LogP contribution in [0.4, 0.5) is 0 Å². The molecule has 1 aromatic carbocycles. The van der Waals surface area contributed by atoms with E-state index >= 15 is 0 Å². The fourth-order valence-corrected chi connectivity index (χ4v) is 2.48. The smallest absolute Gasteiger partial charge is 0.245 e. The highest BCUT2D eigenvalue weighted by Gasteiger charge is 2.48. The maximum atomic E-state index is 11.0. The first-order valence-corrected chi connectivity index (χ1v) is 5.56. The van der Waals surface area contributed by atoms with E-state index in [0.29, 0.717) is 18.4 Å². The Morgan fingerprint density at radius 1 is 1.31 bits per heavy atom. The summed E-state index contributed by atoms with van der Waals surface area (Å²) in [4.78, 5) is 10.6. The zero-order valence-corrected chi connectivity index (χ0v) is 9.00. The number of hydrogen-bond donors (Lipinski definition) is 1. The molecule has 4 nitrogen and oxygen atoms in total. The molecule has 0 aliphatic heterocycles. The summed E-state index contributed by atoms with van der Waals surface area (Å²) < 4.78 is 0. The Hall–Kier alpha value is -1.42. The topological polar surface area (TPSA) is 63.4 Å². The minimum Gasteiger partial charge on any atom is -0.378 e. The molecule has 16 heavy (non-hydrogen) atoms. The summed E-state index contributed by atoms with van der Waals surface area (Å²) in [6.45, 7) is 0. The molecule has 0 heterocycles. The number of nitro groups is 1. The Morgan fingerprint density at radius 2 is 2.00 bits per heavy atom. The average molecular weight is 221 g/mol. The largest absolute Gasteiger partial charge is 0.378 e. The van der Waals surface area contributed by atoms with Crippen molar-refractivity contribution in [3.8, 4) is 0 Å². The summed E-state index contributed by atoms with van der Waals surface area (Å²) >= 11 is 0. The van der Waals surface area contributed by atoms with Crippen molar-refractivity contribution in [3.63, 3.8) is 0 Å². The monoisotopic (exact) mass is 221 g/mol. The van der Waals surface area contributed by atoms with Gasteiger partial charge < -0.3 is 5.11 Å². The second-order valence-electron chi connectivity index (χ2n) is 4.34. The van der Waals surface area contributed by atoms with Gasteiger partial charge in [-0.25, -0.2) is 0 Å². The molecule has 0 bridgehead atoms. The quantitative estimate of drug-likeness (QED) is 0.614. The van der Waals surface area contributed by atoms with Crippen LogP contribution in [0.15, 0.2) is 30.3 Å². The van der Waals surface area contributed by atoms with Crippen molar-refractivity contribution in [2.24, 2.45) is 0 Å². The molecular weight excluding hydrogens is 206 g/mol. The first kappa shape index (κ1) is 11.1. The number of nitrogens with zero attached hydrogens (tertiary/aromatic N) is 1. The Bertz CT molecular complexity index is 379. The van der Waals surface area contributed by atoms with E-state index in [1.165, 1.54) is 0 Å². The first-order valence-electron chi connectivity index (χ1n) is 5.56. The maximum Gasteiger partial charge on any atom is 0.245 e. The van der Waals surface area contributed by atoms with Gasteiger partial charge in [-0.2, -0.15) is 0 Å². The van der Waals surface area contributed by atoms with Crippen LogP contribution in [0.3, 0.4) is 0 Å². The van der Waals surface area contributed by atoms with Crippen molar-refractivity contribution in [1.29, 1.82) is 0 Å². The van der Waals surface area contributed by atoms with Gasteiger partial charge in [-0.05, 0) is 24.8 Å². The van der Waals surface area contributed by atoms with E-state index in [0.717, 1.165) is 12.8 Å². The second-order valence-corrected chi connectivity index (χ2v) is 4.34. The number of rotatable bonds is 2. The van der Waals surface area contributed by atoms with Gasteiger partial charge in [0.15, 0.2) is 5.60 Å². The minimum absolute atomic E-state index is 0.341. The van der Waals surface area contributed by atoms with E-state index < -0.39 is 11.6 Å². The molecule has 0 unspecified atom stereocenters. The standard InChI is InChI=1S/C12H15NO3/c14-12(10-6-2-1-3-7-10)9-5-4-8-11(12)13(15)16/h1-3,6-7,11,14H,4-5,8-9H2/t11-,12+/m1/s1. The van der Waals surface area contributed by atoms with Crippen molar-refractivity contribution in [3.05, 3.63) is 46.0 Å². The third kappa shape index (κ3) is 1.80. The molecule has 0 aromatic heterocycles. The Morgan fingerprint density at radius 3 is 2.62 bits per heavy atom. The van der Waals surface area contributed by atoms with Crippen LogP contribution < -0.4 is 0 Å². The molecule has 0 amide bonds. The highest BCUT2D eigenvalue weighted by atomic mass is 16.6. The molecule has 2 atom stereocenters. The third-order valence-corrected chi connectivity index (χ3v) is 3.36. The molecule has 86 valence electrons. The molecule has 0 saturated heterocycles. The van der Waals surface area contributed by atoms with Crippen molar-refractivity contribution < 1.29 is 10.0 Å². The SMILES string of the molecule is O=[N+]([O-])[C@@H]1CCCC[C@]1(O)c1ccccc1. The molecule has 4 heteroatoms. The molecule has 1 aromatic rings. The minimum atomic E-state index is -1.29. The lowest BCUT2D eigenvalue weighted by Crippen LogP contribution is -2.46. The van der Waals surface area contributed by atoms with Gasteiger partial charge >= 0.3 is 0 Å². The Balaban J connectivity index is 2.37. The first-order chi connectivity index (χ1) is 7.64. The summed E-state index contributed by atoms with van der Waals surface area (Å²) in [6.07, 6.45) is 2.59. The summed E-state index contributed by atoms with van der Waals surface area (Å²) in [5, 5.41) is 21.5. The van der Waals surface area contributed by atoms with E-state index in [-0.39, 0.29) is 4.92 Å². The van der Waals surface area contributed by atoms with E-state index in [1.54, 1.807) is 24.3 Å². The van der Waals surface area contributed by atoms with Crippen LogP contribution >= 0.6 is 0 Å². The van der Waals surface area contributed by atoms with Crippen LogP contribution in [-0.4, -0.2) is 16.1 Å². The summed E-state index contributed by atoms with van der Waals surface area (Å²) in [7, 11) is 0. The number of hydrogen-bond acceptors (Lipinski definition) is 3. The zero-order valence-electron chi connectivity index (χ0n) is 9.00. The molecule has 1 saturated carbocycles. The molecule has 0 spiro atoms. The van der Waals surface area contributed by atoms with Gasteiger partial charge in [-0.3, -0.25) is 10.1 Å². The fraction of sp³-hybridized carbons (Fsp3) is 0.500. The van der Waals surface area contributed by atoms with E-state index in [2.05, 4.69) is 0 Å². The van der Waals surface area contributed by atoms with Gasteiger partial charge in [-0.1, -0.05) is 30.3 Å². The van der Waals surface area contributed by atoms with Crippen LogP contribution in [-0.2, 0) is 5.60 Å². The lowest BCUT2D eigenvalue weighted by Gasteiger charge is -2.34. The molecule has 2 rings (SSSR count). The molecule has 1 aliphatic carbocycles. The predicted molar refractivity (Wildman–Crippen MR) is 59.6 cm³/mol. The van der Waals surface area contributed by atoms with Crippen LogP contribution in [0.5, 0.6) is 0 Å². The molecule has 1 aliphatic rings.